The molecule has 2 N–H and O–H groups in total. The summed E-state index contributed by atoms with van der Waals surface area (Å²) in [6.45, 7) is 2.98. The Kier molecular flexibility index (Phi) is 4.57. The third kappa shape index (κ3) is 3.55. The molecule has 0 saturated carbocycles. The quantitative estimate of drug-likeness (QED) is 0.739. The molecule has 3 atom stereocenters. The van der Waals surface area contributed by atoms with Gasteiger partial charge in [-0.2, -0.15) is 17.0 Å². The summed E-state index contributed by atoms with van der Waals surface area (Å²) in [7, 11) is 0. The first-order chi connectivity index (χ1) is 6.24. The molecule has 13 heavy (non-hydrogen) atoms. The molecule has 0 aromatic rings. The summed E-state index contributed by atoms with van der Waals surface area (Å²) in [5.74, 6) is 0.965. The van der Waals surface area contributed by atoms with Crippen molar-refractivity contribution in [3.63, 3.8) is 0 Å². The molecule has 4 heteroatoms. The van der Waals surface area contributed by atoms with Gasteiger partial charge < -0.3 is 10.5 Å². The molecule has 3 unspecified atom stereocenters. The van der Waals surface area contributed by atoms with Crippen LogP contribution in [-0.4, -0.2) is 29.8 Å². The molecule has 1 fully saturated rings. The minimum atomic E-state index is -0.301. The molecule has 1 saturated heterocycles. The number of nitrogens with zero attached hydrogens (tertiary/aromatic N) is 1. The van der Waals surface area contributed by atoms with E-state index in [0.29, 0.717) is 11.4 Å². The van der Waals surface area contributed by atoms with Crippen LogP contribution in [0.25, 0.3) is 0 Å². The number of hydrogen-bond donors (Lipinski definition) is 1. The minimum Gasteiger partial charge on any atom is -0.377 e. The van der Waals surface area contributed by atoms with Crippen LogP contribution in [0.5, 0.6) is 0 Å². The summed E-state index contributed by atoms with van der Waals surface area (Å²) in [4.78, 5) is 0. The molecular weight excluding hydrogens is 184 g/mol. The molecule has 74 valence electrons. The first kappa shape index (κ1) is 10.8. The van der Waals surface area contributed by atoms with E-state index in [-0.39, 0.29) is 6.04 Å². The fourth-order valence-electron chi connectivity index (χ4n) is 1.34. The van der Waals surface area contributed by atoms with E-state index in [0.717, 1.165) is 25.2 Å². The number of nitriles is 1. The van der Waals surface area contributed by atoms with E-state index in [2.05, 4.69) is 6.92 Å². The number of thioether (sulfide) groups is 1. The Hall–Kier alpha value is -0.240. The summed E-state index contributed by atoms with van der Waals surface area (Å²) in [5.41, 5.74) is 5.49. The topological polar surface area (TPSA) is 59.0 Å². The largest absolute Gasteiger partial charge is 0.377 e. The molecule has 1 heterocycles. The van der Waals surface area contributed by atoms with E-state index < -0.39 is 0 Å². The molecule has 1 aliphatic heterocycles. The fraction of sp³-hybridized carbons (Fsp3) is 0.889. The summed E-state index contributed by atoms with van der Waals surface area (Å²) >= 11 is 1.88. The lowest BCUT2D eigenvalue weighted by Crippen LogP contribution is -2.20. The number of nitrogens with two attached hydrogens (primary N) is 1. The lowest BCUT2D eigenvalue weighted by molar-refractivity contribution is 0.127. The fourth-order valence-corrected chi connectivity index (χ4v) is 2.65. The van der Waals surface area contributed by atoms with Crippen molar-refractivity contribution >= 4 is 11.8 Å². The molecule has 0 radical (unpaired) electrons. The van der Waals surface area contributed by atoms with E-state index in [9.17, 15) is 0 Å². The zero-order chi connectivity index (χ0) is 9.68. The van der Waals surface area contributed by atoms with Gasteiger partial charge in [-0.1, -0.05) is 0 Å². The van der Waals surface area contributed by atoms with Crippen LogP contribution in [0.2, 0.25) is 0 Å². The van der Waals surface area contributed by atoms with Crippen LogP contribution in [0.15, 0.2) is 0 Å². The summed E-state index contributed by atoms with van der Waals surface area (Å²) in [6, 6.07) is 1.73. The molecule has 0 bridgehead atoms. The Bertz CT molecular complexity index is 193. The maximum Gasteiger partial charge on any atom is 0.0935 e. The van der Waals surface area contributed by atoms with Crippen LogP contribution in [0.1, 0.15) is 19.8 Å². The van der Waals surface area contributed by atoms with Gasteiger partial charge in [-0.3, -0.25) is 0 Å². The van der Waals surface area contributed by atoms with Crippen molar-refractivity contribution in [3.8, 4) is 6.07 Å². The Balaban J connectivity index is 2.09. The minimum absolute atomic E-state index is 0.301. The van der Waals surface area contributed by atoms with Gasteiger partial charge in [-0.15, -0.1) is 0 Å². The standard InChI is InChI=1S/C9H16N2OS/c1-7-9(2-4-12-7)13-5-3-8(11)6-10/h7-9H,2-5,11H2,1H3. The van der Waals surface area contributed by atoms with Crippen LogP contribution < -0.4 is 5.73 Å². The van der Waals surface area contributed by atoms with Crippen molar-refractivity contribution in [1.82, 2.24) is 0 Å². The van der Waals surface area contributed by atoms with Gasteiger partial charge in [0.05, 0.1) is 18.2 Å². The summed E-state index contributed by atoms with van der Waals surface area (Å²) < 4.78 is 5.43. The number of ether oxygens (including phenoxy) is 1. The average molecular weight is 200 g/mol. The molecule has 0 aromatic carbocycles. The highest BCUT2D eigenvalue weighted by atomic mass is 32.2. The third-order valence-electron chi connectivity index (χ3n) is 2.23. The van der Waals surface area contributed by atoms with Crippen LogP contribution in [0.3, 0.4) is 0 Å². The van der Waals surface area contributed by atoms with Gasteiger partial charge in [0.25, 0.3) is 0 Å². The molecule has 1 rings (SSSR count). The first-order valence-electron chi connectivity index (χ1n) is 4.62. The highest BCUT2D eigenvalue weighted by Crippen LogP contribution is 2.26. The van der Waals surface area contributed by atoms with E-state index in [4.69, 9.17) is 15.7 Å². The summed E-state index contributed by atoms with van der Waals surface area (Å²) in [5, 5.41) is 9.07. The van der Waals surface area contributed by atoms with Crippen LogP contribution in [0.4, 0.5) is 0 Å². The SMILES string of the molecule is CC1OCCC1SCCC(N)C#N. The molecule has 0 amide bonds. The Labute approximate surface area is 83.6 Å². The van der Waals surface area contributed by atoms with Crippen LogP contribution in [-0.2, 0) is 4.74 Å². The molecule has 0 spiro atoms. The predicted molar refractivity (Wildman–Crippen MR) is 54.5 cm³/mol. The lowest BCUT2D eigenvalue weighted by atomic mass is 10.2. The van der Waals surface area contributed by atoms with E-state index in [1.165, 1.54) is 0 Å². The normalized spacial score (nSPS) is 29.9. The van der Waals surface area contributed by atoms with Gasteiger partial charge in [-0.25, -0.2) is 0 Å². The van der Waals surface area contributed by atoms with Crippen molar-refractivity contribution in [1.29, 1.82) is 5.26 Å². The highest BCUT2D eigenvalue weighted by molar-refractivity contribution is 7.99. The van der Waals surface area contributed by atoms with Gasteiger partial charge in [0, 0.05) is 11.9 Å². The lowest BCUT2D eigenvalue weighted by Gasteiger charge is -2.13. The van der Waals surface area contributed by atoms with Crippen molar-refractivity contribution in [3.05, 3.63) is 0 Å². The van der Waals surface area contributed by atoms with Crippen LogP contribution in [0, 0.1) is 11.3 Å². The third-order valence-corrected chi connectivity index (χ3v) is 3.75. The number of rotatable bonds is 4. The van der Waals surface area contributed by atoms with Crippen molar-refractivity contribution in [2.24, 2.45) is 5.73 Å². The monoisotopic (exact) mass is 200 g/mol. The first-order valence-corrected chi connectivity index (χ1v) is 5.67. The molecular formula is C9H16N2OS. The zero-order valence-corrected chi connectivity index (χ0v) is 8.72. The maximum atomic E-state index is 8.47. The van der Waals surface area contributed by atoms with Gasteiger partial charge in [0.1, 0.15) is 0 Å². The van der Waals surface area contributed by atoms with Gasteiger partial charge in [0.15, 0.2) is 0 Å². The molecule has 3 nitrogen and oxygen atoms in total. The van der Waals surface area contributed by atoms with Crippen LogP contribution >= 0.6 is 11.8 Å². The second kappa shape index (κ2) is 5.48. The number of hydrogen-bond acceptors (Lipinski definition) is 4. The Morgan fingerprint density at radius 2 is 2.54 bits per heavy atom. The van der Waals surface area contributed by atoms with Crippen molar-refractivity contribution in [2.45, 2.75) is 37.2 Å². The summed E-state index contributed by atoms with van der Waals surface area (Å²) in [6.07, 6.45) is 2.28. The highest BCUT2D eigenvalue weighted by Gasteiger charge is 2.24. The van der Waals surface area contributed by atoms with E-state index >= 15 is 0 Å². The Morgan fingerprint density at radius 1 is 1.77 bits per heavy atom. The second-order valence-corrected chi connectivity index (χ2v) is 4.65. The molecule has 1 aliphatic rings. The molecule has 0 aromatic heterocycles. The Morgan fingerprint density at radius 3 is 3.08 bits per heavy atom. The van der Waals surface area contributed by atoms with E-state index in [1.807, 2.05) is 17.8 Å². The second-order valence-electron chi connectivity index (χ2n) is 3.30. The van der Waals surface area contributed by atoms with Gasteiger partial charge in [0.2, 0.25) is 0 Å². The smallest absolute Gasteiger partial charge is 0.0935 e. The molecule has 0 aliphatic carbocycles. The average Bonchev–Trinajstić information content (AvgIpc) is 2.52. The zero-order valence-electron chi connectivity index (χ0n) is 7.90. The van der Waals surface area contributed by atoms with Crippen molar-refractivity contribution < 1.29 is 4.74 Å². The maximum absolute atomic E-state index is 8.47. The predicted octanol–water partition coefficient (Wildman–Crippen LogP) is 1.14. The van der Waals surface area contributed by atoms with Crippen molar-refractivity contribution in [2.75, 3.05) is 12.4 Å². The van der Waals surface area contributed by atoms with Gasteiger partial charge >= 0.3 is 0 Å². The van der Waals surface area contributed by atoms with Gasteiger partial charge in [-0.05, 0) is 25.5 Å². The van der Waals surface area contributed by atoms with E-state index in [1.54, 1.807) is 0 Å².